The lowest BCUT2D eigenvalue weighted by molar-refractivity contribution is -0.144. The first-order chi connectivity index (χ1) is 19.2. The van der Waals surface area contributed by atoms with Crippen molar-refractivity contribution in [2.45, 2.75) is 105 Å². The van der Waals surface area contributed by atoms with Crippen molar-refractivity contribution >= 4 is 35.4 Å². The molecule has 0 radical (unpaired) electrons. The van der Waals surface area contributed by atoms with Crippen molar-refractivity contribution in [1.29, 1.82) is 0 Å². The van der Waals surface area contributed by atoms with E-state index < -0.39 is 23.8 Å². The second-order valence-electron chi connectivity index (χ2n) is 10.7. The van der Waals surface area contributed by atoms with Crippen molar-refractivity contribution in [2.24, 2.45) is 26.4 Å². The van der Waals surface area contributed by atoms with Crippen molar-refractivity contribution in [1.82, 2.24) is 10.6 Å². The van der Waals surface area contributed by atoms with Gasteiger partial charge in [-0.1, -0.05) is 0 Å². The molecule has 0 aromatic carbocycles. The SMILES string of the molecule is CCOC(=O)C(CCCCN=C(C)N)N=C(C)COCCNC(=O)C(CCCCN=C(C)N)NC(=O)OC(C)(C)C. The minimum absolute atomic E-state index is 0.198. The van der Waals surface area contributed by atoms with Gasteiger partial charge in [0.15, 0.2) is 0 Å². The van der Waals surface area contributed by atoms with Crippen LogP contribution in [0.2, 0.25) is 0 Å². The number of alkyl carbamates (subject to hydrolysis) is 1. The van der Waals surface area contributed by atoms with E-state index in [-0.39, 0.29) is 38.2 Å². The molecule has 0 spiro atoms. The number of nitrogens with two attached hydrogens (primary N) is 2. The van der Waals surface area contributed by atoms with Gasteiger partial charge in [-0.2, -0.15) is 0 Å². The summed E-state index contributed by atoms with van der Waals surface area (Å²) in [6.45, 7) is 14.4. The molecule has 2 amide bonds. The van der Waals surface area contributed by atoms with Gasteiger partial charge in [0.1, 0.15) is 17.7 Å². The summed E-state index contributed by atoms with van der Waals surface area (Å²) in [7, 11) is 0. The van der Waals surface area contributed by atoms with E-state index in [4.69, 9.17) is 25.7 Å². The van der Waals surface area contributed by atoms with E-state index >= 15 is 0 Å². The Kier molecular flexibility index (Phi) is 19.8. The van der Waals surface area contributed by atoms with E-state index in [0.29, 0.717) is 49.7 Å². The van der Waals surface area contributed by atoms with Crippen LogP contribution in [0, 0.1) is 0 Å². The van der Waals surface area contributed by atoms with Crippen molar-refractivity contribution in [3.63, 3.8) is 0 Å². The summed E-state index contributed by atoms with van der Waals surface area (Å²) in [4.78, 5) is 50.2. The van der Waals surface area contributed by atoms with Gasteiger partial charge in [-0.3, -0.25) is 19.8 Å². The van der Waals surface area contributed by atoms with Gasteiger partial charge in [0, 0.05) is 25.3 Å². The number of ether oxygens (including phenoxy) is 3. The Bertz CT molecular complexity index is 876. The molecule has 0 aromatic heterocycles. The molecule has 0 fully saturated rings. The van der Waals surface area contributed by atoms with E-state index in [9.17, 15) is 14.4 Å². The molecule has 0 saturated carbocycles. The minimum Gasteiger partial charge on any atom is -0.464 e. The number of aliphatic imine (C=N–C) groups is 3. The number of amidine groups is 2. The van der Waals surface area contributed by atoms with E-state index in [1.807, 2.05) is 0 Å². The van der Waals surface area contributed by atoms with Crippen LogP contribution >= 0.6 is 0 Å². The Balaban J connectivity index is 4.80. The third-order valence-corrected chi connectivity index (χ3v) is 5.31. The number of amides is 2. The Labute approximate surface area is 245 Å². The maximum absolute atomic E-state index is 12.8. The Hall–Kier alpha value is -3.22. The van der Waals surface area contributed by atoms with E-state index in [1.165, 1.54) is 0 Å². The first-order valence-corrected chi connectivity index (χ1v) is 14.3. The fourth-order valence-electron chi connectivity index (χ4n) is 3.51. The molecule has 2 unspecified atom stereocenters. The summed E-state index contributed by atoms with van der Waals surface area (Å²) in [6.07, 6.45) is 3.24. The van der Waals surface area contributed by atoms with Crippen LogP contribution in [0.4, 0.5) is 4.79 Å². The molecule has 0 aliphatic heterocycles. The molecule has 41 heavy (non-hydrogen) atoms. The van der Waals surface area contributed by atoms with Crippen molar-refractivity contribution in [2.75, 3.05) is 39.5 Å². The van der Waals surface area contributed by atoms with Crippen LogP contribution in [-0.4, -0.2) is 92.5 Å². The largest absolute Gasteiger partial charge is 0.464 e. The summed E-state index contributed by atoms with van der Waals surface area (Å²) in [5.74, 6) is 0.338. The number of esters is 1. The summed E-state index contributed by atoms with van der Waals surface area (Å²) in [6, 6.07) is -1.37. The van der Waals surface area contributed by atoms with Crippen LogP contribution in [0.15, 0.2) is 15.0 Å². The van der Waals surface area contributed by atoms with Crippen molar-refractivity contribution in [3.8, 4) is 0 Å². The highest BCUT2D eigenvalue weighted by Gasteiger charge is 2.24. The second-order valence-corrected chi connectivity index (χ2v) is 10.7. The Morgan fingerprint density at radius 1 is 0.902 bits per heavy atom. The smallest absolute Gasteiger partial charge is 0.408 e. The lowest BCUT2D eigenvalue weighted by atomic mass is 10.1. The number of carbonyl (C=O) groups is 3. The van der Waals surface area contributed by atoms with Gasteiger partial charge in [-0.05, 0) is 87.0 Å². The Morgan fingerprint density at radius 3 is 2.02 bits per heavy atom. The summed E-state index contributed by atoms with van der Waals surface area (Å²) in [5.41, 5.74) is 11.1. The lowest BCUT2D eigenvalue weighted by Crippen LogP contribution is -2.48. The number of hydrogen-bond donors (Lipinski definition) is 4. The molecule has 6 N–H and O–H groups in total. The van der Waals surface area contributed by atoms with E-state index in [1.54, 1.807) is 48.5 Å². The number of hydrogen-bond acceptors (Lipinski definition) is 9. The van der Waals surface area contributed by atoms with Crippen LogP contribution in [0.25, 0.3) is 0 Å². The zero-order chi connectivity index (χ0) is 31.3. The molecule has 13 heteroatoms. The number of nitrogens with one attached hydrogen (secondary N) is 2. The van der Waals surface area contributed by atoms with Crippen molar-refractivity contribution in [3.05, 3.63) is 0 Å². The van der Waals surface area contributed by atoms with Gasteiger partial charge in [0.2, 0.25) is 5.91 Å². The average Bonchev–Trinajstić information content (AvgIpc) is 2.85. The van der Waals surface area contributed by atoms with Crippen molar-refractivity contribution < 1.29 is 28.6 Å². The highest BCUT2D eigenvalue weighted by atomic mass is 16.6. The molecular weight excluding hydrogens is 530 g/mol. The molecule has 0 rings (SSSR count). The number of carbonyl (C=O) groups excluding carboxylic acids is 3. The fraction of sp³-hybridized carbons (Fsp3) is 0.786. The first-order valence-electron chi connectivity index (χ1n) is 14.3. The average molecular weight is 584 g/mol. The van der Waals surface area contributed by atoms with E-state index in [0.717, 1.165) is 19.3 Å². The number of unbranched alkanes of at least 4 members (excludes halogenated alkanes) is 2. The molecule has 2 atom stereocenters. The molecular formula is C28H53N7O6. The highest BCUT2D eigenvalue weighted by Crippen LogP contribution is 2.10. The topological polar surface area (TPSA) is 192 Å². The molecule has 0 heterocycles. The highest BCUT2D eigenvalue weighted by molar-refractivity contribution is 5.87. The maximum atomic E-state index is 12.8. The predicted molar refractivity (Wildman–Crippen MR) is 163 cm³/mol. The second kappa shape index (κ2) is 21.5. The molecule has 0 saturated heterocycles. The third kappa shape index (κ3) is 22.2. The molecule has 0 aliphatic rings. The van der Waals surface area contributed by atoms with Crippen LogP contribution in [-0.2, 0) is 23.8 Å². The lowest BCUT2D eigenvalue weighted by Gasteiger charge is -2.23. The Morgan fingerprint density at radius 2 is 1.49 bits per heavy atom. The first kappa shape index (κ1) is 37.8. The molecule has 0 aliphatic carbocycles. The quantitative estimate of drug-likeness (QED) is 0.0726. The summed E-state index contributed by atoms with van der Waals surface area (Å²) < 4.78 is 16.1. The maximum Gasteiger partial charge on any atom is 0.408 e. The zero-order valence-electron chi connectivity index (χ0n) is 26.1. The minimum atomic E-state index is -0.763. The third-order valence-electron chi connectivity index (χ3n) is 5.31. The molecule has 0 bridgehead atoms. The van der Waals surface area contributed by atoms with Gasteiger partial charge < -0.3 is 36.3 Å². The normalized spacial score (nSPS) is 14.3. The van der Waals surface area contributed by atoms with E-state index in [2.05, 4.69) is 25.6 Å². The monoisotopic (exact) mass is 583 g/mol. The van der Waals surface area contributed by atoms with Gasteiger partial charge in [0.25, 0.3) is 0 Å². The van der Waals surface area contributed by atoms with Crippen LogP contribution in [0.3, 0.4) is 0 Å². The van der Waals surface area contributed by atoms with Crippen LogP contribution < -0.4 is 22.1 Å². The van der Waals surface area contributed by atoms with Crippen LogP contribution in [0.1, 0.15) is 87.0 Å². The van der Waals surface area contributed by atoms with Crippen LogP contribution in [0.5, 0.6) is 0 Å². The van der Waals surface area contributed by atoms with Gasteiger partial charge in [-0.25, -0.2) is 9.59 Å². The number of rotatable bonds is 20. The molecule has 0 aromatic rings. The molecule has 13 nitrogen and oxygen atoms in total. The number of nitrogens with zero attached hydrogens (tertiary/aromatic N) is 3. The van der Waals surface area contributed by atoms with Gasteiger partial charge >= 0.3 is 12.1 Å². The van der Waals surface area contributed by atoms with Gasteiger partial charge in [-0.15, -0.1) is 0 Å². The van der Waals surface area contributed by atoms with Gasteiger partial charge in [0.05, 0.1) is 31.5 Å². The summed E-state index contributed by atoms with van der Waals surface area (Å²) in [5, 5.41) is 5.45. The standard InChI is InChI=1S/C28H53N7O6/c1-8-40-26(37)24(14-10-12-16-32-22(4)30)34-20(2)19-39-18-17-33-25(36)23(13-9-11-15-31-21(3)29)35-27(38)41-28(5,6)7/h23-24H,8-19H2,1-7H3,(H2,29,31)(H2,30,32)(H,33,36)(H,35,38). The zero-order valence-corrected chi connectivity index (χ0v) is 26.1. The molecule has 236 valence electrons. The summed E-state index contributed by atoms with van der Waals surface area (Å²) >= 11 is 0. The fourth-order valence-corrected chi connectivity index (χ4v) is 3.51. The predicted octanol–water partition coefficient (Wildman–Crippen LogP) is 2.50.